The summed E-state index contributed by atoms with van der Waals surface area (Å²) in [5, 5.41) is 0.539. The fourth-order valence-corrected chi connectivity index (χ4v) is 3.58. The molecule has 6 nitrogen and oxygen atoms in total. The molecular weight excluding hydrogens is 340 g/mol. The molecule has 0 spiro atoms. The number of amides is 1. The molecule has 1 aliphatic rings. The monoisotopic (exact) mass is 362 g/mol. The number of anilines is 1. The maximum absolute atomic E-state index is 12.7. The Bertz CT molecular complexity index is 1040. The Labute approximate surface area is 157 Å². The van der Waals surface area contributed by atoms with Crippen molar-refractivity contribution in [3.63, 3.8) is 0 Å². The molecule has 0 bridgehead atoms. The maximum atomic E-state index is 12.7. The minimum atomic E-state index is -0.174. The molecule has 0 saturated carbocycles. The van der Waals surface area contributed by atoms with Gasteiger partial charge in [-0.1, -0.05) is 30.3 Å². The largest absolute Gasteiger partial charge is 0.368 e. The number of para-hydroxylation sites is 2. The predicted octanol–water partition coefficient (Wildman–Crippen LogP) is 2.05. The molecule has 1 amide bonds. The highest BCUT2D eigenvalue weighted by atomic mass is 16.2. The van der Waals surface area contributed by atoms with Crippen molar-refractivity contribution in [2.24, 2.45) is 0 Å². The average molecular weight is 362 g/mol. The Balaban J connectivity index is 1.44. The summed E-state index contributed by atoms with van der Waals surface area (Å²) in [6.07, 6.45) is 1.46. The van der Waals surface area contributed by atoms with Crippen molar-refractivity contribution in [2.75, 3.05) is 31.1 Å². The van der Waals surface area contributed by atoms with Gasteiger partial charge in [0.15, 0.2) is 0 Å². The van der Waals surface area contributed by atoms with Gasteiger partial charge < -0.3 is 9.80 Å². The number of carbonyl (C=O) groups excluding carboxylic acids is 1. The smallest absolute Gasteiger partial charge is 0.261 e. The first-order valence-corrected chi connectivity index (χ1v) is 9.16. The number of piperazine rings is 1. The van der Waals surface area contributed by atoms with Gasteiger partial charge >= 0.3 is 0 Å². The number of carbonyl (C=O) groups is 1. The van der Waals surface area contributed by atoms with Gasteiger partial charge in [0, 0.05) is 31.9 Å². The minimum Gasteiger partial charge on any atom is -0.368 e. The van der Waals surface area contributed by atoms with Gasteiger partial charge in [0.05, 0.1) is 17.2 Å². The van der Waals surface area contributed by atoms with Crippen LogP contribution in [0, 0.1) is 6.92 Å². The zero-order valence-electron chi connectivity index (χ0n) is 15.3. The van der Waals surface area contributed by atoms with Gasteiger partial charge in [-0.25, -0.2) is 4.98 Å². The van der Waals surface area contributed by atoms with Crippen LogP contribution < -0.4 is 10.5 Å². The summed E-state index contributed by atoms with van der Waals surface area (Å²) in [6.45, 7) is 5.03. The molecule has 1 saturated heterocycles. The fourth-order valence-electron chi connectivity index (χ4n) is 3.58. The molecule has 0 atom stereocenters. The standard InChI is InChI=1S/C21H22N4O2/c1-16-6-2-5-9-19(16)23-10-12-24(13-11-23)20(26)14-25-15-22-18-8-4-3-7-17(18)21(25)27/h2-9,15H,10-14H2,1H3. The Hall–Kier alpha value is -3.15. The molecule has 6 heteroatoms. The van der Waals surface area contributed by atoms with Crippen LogP contribution in [-0.2, 0) is 11.3 Å². The minimum absolute atomic E-state index is 0.0288. The zero-order valence-corrected chi connectivity index (χ0v) is 15.3. The highest BCUT2D eigenvalue weighted by Crippen LogP contribution is 2.20. The van der Waals surface area contributed by atoms with Crippen molar-refractivity contribution in [2.45, 2.75) is 13.5 Å². The molecule has 27 heavy (non-hydrogen) atoms. The second-order valence-corrected chi connectivity index (χ2v) is 6.85. The third-order valence-electron chi connectivity index (χ3n) is 5.13. The summed E-state index contributed by atoms with van der Waals surface area (Å²) in [6, 6.07) is 15.5. The van der Waals surface area contributed by atoms with E-state index in [9.17, 15) is 9.59 Å². The average Bonchev–Trinajstić information content (AvgIpc) is 2.71. The summed E-state index contributed by atoms with van der Waals surface area (Å²) < 4.78 is 1.40. The van der Waals surface area contributed by atoms with Crippen LogP contribution in [0.3, 0.4) is 0 Å². The van der Waals surface area contributed by atoms with Crippen molar-refractivity contribution in [3.8, 4) is 0 Å². The zero-order chi connectivity index (χ0) is 18.8. The number of benzene rings is 2. The van der Waals surface area contributed by atoms with Crippen molar-refractivity contribution in [1.82, 2.24) is 14.5 Å². The third-order valence-corrected chi connectivity index (χ3v) is 5.13. The molecule has 1 aromatic heterocycles. The molecule has 2 aromatic carbocycles. The highest BCUT2D eigenvalue weighted by molar-refractivity contribution is 5.79. The van der Waals surface area contributed by atoms with Gasteiger partial charge in [0.1, 0.15) is 6.54 Å². The molecular formula is C21H22N4O2. The molecule has 0 aliphatic carbocycles. The second-order valence-electron chi connectivity index (χ2n) is 6.85. The van der Waals surface area contributed by atoms with E-state index >= 15 is 0 Å². The first kappa shape index (κ1) is 17.3. The van der Waals surface area contributed by atoms with E-state index in [4.69, 9.17) is 0 Å². The predicted molar refractivity (Wildman–Crippen MR) is 106 cm³/mol. The van der Waals surface area contributed by atoms with Crippen LogP contribution in [0.15, 0.2) is 59.7 Å². The van der Waals surface area contributed by atoms with Crippen LogP contribution in [0.2, 0.25) is 0 Å². The summed E-state index contributed by atoms with van der Waals surface area (Å²) in [5.41, 5.74) is 2.94. The normalized spacial score (nSPS) is 14.6. The molecule has 1 aliphatic heterocycles. The lowest BCUT2D eigenvalue weighted by molar-refractivity contribution is -0.132. The van der Waals surface area contributed by atoms with Crippen molar-refractivity contribution < 1.29 is 4.79 Å². The molecule has 1 fully saturated rings. The lowest BCUT2D eigenvalue weighted by Gasteiger charge is -2.36. The van der Waals surface area contributed by atoms with Crippen LogP contribution in [0.5, 0.6) is 0 Å². The number of nitrogens with zero attached hydrogens (tertiary/aromatic N) is 4. The van der Waals surface area contributed by atoms with Gasteiger partial charge in [0.25, 0.3) is 5.56 Å². The van der Waals surface area contributed by atoms with Crippen LogP contribution in [0.4, 0.5) is 5.69 Å². The van der Waals surface area contributed by atoms with E-state index in [0.29, 0.717) is 24.0 Å². The lowest BCUT2D eigenvalue weighted by atomic mass is 10.1. The Morgan fingerprint density at radius 1 is 1.00 bits per heavy atom. The van der Waals surface area contributed by atoms with Crippen LogP contribution in [0.25, 0.3) is 10.9 Å². The molecule has 0 N–H and O–H groups in total. The molecule has 0 unspecified atom stereocenters. The SMILES string of the molecule is Cc1ccccc1N1CCN(C(=O)Cn2cnc3ccccc3c2=O)CC1. The van der Waals surface area contributed by atoms with Crippen molar-refractivity contribution in [3.05, 3.63) is 70.8 Å². The Kier molecular flexibility index (Phi) is 4.62. The second kappa shape index (κ2) is 7.23. The summed E-state index contributed by atoms with van der Waals surface area (Å²) in [4.78, 5) is 33.7. The molecule has 0 radical (unpaired) electrons. The van der Waals surface area contributed by atoms with E-state index in [1.807, 2.05) is 29.2 Å². The topological polar surface area (TPSA) is 58.4 Å². The third kappa shape index (κ3) is 3.43. The van der Waals surface area contributed by atoms with E-state index in [-0.39, 0.29) is 18.0 Å². The van der Waals surface area contributed by atoms with Gasteiger partial charge in [-0.05, 0) is 30.7 Å². The van der Waals surface area contributed by atoms with E-state index in [2.05, 4.69) is 28.9 Å². The van der Waals surface area contributed by atoms with Gasteiger partial charge in [-0.3, -0.25) is 14.2 Å². The van der Waals surface area contributed by atoms with E-state index in [1.54, 1.807) is 12.1 Å². The summed E-state index contributed by atoms with van der Waals surface area (Å²) in [7, 11) is 0. The number of aromatic nitrogens is 2. The van der Waals surface area contributed by atoms with Crippen LogP contribution in [0.1, 0.15) is 5.56 Å². The Morgan fingerprint density at radius 3 is 2.48 bits per heavy atom. The van der Waals surface area contributed by atoms with Crippen molar-refractivity contribution >= 4 is 22.5 Å². The number of hydrogen-bond donors (Lipinski definition) is 0. The number of rotatable bonds is 3. The van der Waals surface area contributed by atoms with Gasteiger partial charge in [-0.15, -0.1) is 0 Å². The van der Waals surface area contributed by atoms with Crippen LogP contribution in [-0.4, -0.2) is 46.5 Å². The van der Waals surface area contributed by atoms with E-state index in [0.717, 1.165) is 13.1 Å². The summed E-state index contributed by atoms with van der Waals surface area (Å²) in [5.74, 6) is -0.0429. The molecule has 138 valence electrons. The number of aryl methyl sites for hydroxylation is 1. The maximum Gasteiger partial charge on any atom is 0.261 e. The lowest BCUT2D eigenvalue weighted by Crippen LogP contribution is -2.50. The van der Waals surface area contributed by atoms with Crippen molar-refractivity contribution in [1.29, 1.82) is 0 Å². The molecule has 3 aromatic rings. The summed E-state index contributed by atoms with van der Waals surface area (Å²) >= 11 is 0. The van der Waals surface area contributed by atoms with E-state index < -0.39 is 0 Å². The number of fused-ring (bicyclic) bond motifs is 1. The van der Waals surface area contributed by atoms with Crippen LogP contribution >= 0.6 is 0 Å². The van der Waals surface area contributed by atoms with Gasteiger partial charge in [0.2, 0.25) is 5.91 Å². The first-order chi connectivity index (χ1) is 13.1. The quantitative estimate of drug-likeness (QED) is 0.716. The Morgan fingerprint density at radius 2 is 1.70 bits per heavy atom. The first-order valence-electron chi connectivity index (χ1n) is 9.16. The fraction of sp³-hybridized carbons (Fsp3) is 0.286. The molecule has 2 heterocycles. The van der Waals surface area contributed by atoms with Gasteiger partial charge in [-0.2, -0.15) is 0 Å². The highest BCUT2D eigenvalue weighted by Gasteiger charge is 2.22. The number of hydrogen-bond acceptors (Lipinski definition) is 4. The molecule has 4 rings (SSSR count). The van der Waals surface area contributed by atoms with E-state index in [1.165, 1.54) is 22.1 Å².